The molecule has 116 valence electrons. The molecule has 0 saturated heterocycles. The molecule has 5 aromatic rings. The second kappa shape index (κ2) is 4.58. The van der Waals surface area contributed by atoms with Crippen LogP contribution >= 0.6 is 0 Å². The van der Waals surface area contributed by atoms with Gasteiger partial charge in [0.15, 0.2) is 0 Å². The van der Waals surface area contributed by atoms with Gasteiger partial charge in [-0.2, -0.15) is 0 Å². The molecule has 0 fully saturated rings. The molecule has 0 radical (unpaired) electrons. The quantitative estimate of drug-likeness (QED) is 0.366. The van der Waals surface area contributed by atoms with Crippen molar-refractivity contribution in [3.05, 3.63) is 84.9 Å². The largest absolute Gasteiger partial charge is 0.397 e. The molecule has 3 heterocycles. The molecule has 0 N–H and O–H groups in total. The average molecular weight is 320 g/mol. The number of fused-ring (bicyclic) bond motifs is 4. The zero-order valence-electron chi connectivity index (χ0n) is 13.4. The minimum absolute atomic E-state index is 0.881. The summed E-state index contributed by atoms with van der Waals surface area (Å²) >= 11 is 0. The Morgan fingerprint density at radius 3 is 2.28 bits per heavy atom. The standard InChI is InChI=1S/C23H14NO/c1-2-9-16-15(7-1)8-5-12-19(16)23-22-18-11-4-3-10-17(18)20-13-6-14-21(25-23)24(20)22/h1-14H/q+1. The number of aromatic nitrogens is 1. The number of oxazole rings is 1. The van der Waals surface area contributed by atoms with Crippen LogP contribution in [0.1, 0.15) is 0 Å². The maximum absolute atomic E-state index is 6.34. The molecular formula is C23H14NO+. The Kier molecular flexibility index (Phi) is 2.37. The van der Waals surface area contributed by atoms with E-state index in [9.17, 15) is 0 Å². The van der Waals surface area contributed by atoms with Crippen LogP contribution < -0.4 is 4.40 Å². The number of hydrogen-bond donors (Lipinski definition) is 0. The number of nitrogens with zero attached hydrogens (tertiary/aromatic N) is 1. The summed E-state index contributed by atoms with van der Waals surface area (Å²) < 4.78 is 8.58. The lowest BCUT2D eigenvalue weighted by atomic mass is 9.98. The van der Waals surface area contributed by atoms with E-state index in [4.69, 9.17) is 4.42 Å². The first kappa shape index (κ1) is 13.0. The Morgan fingerprint density at radius 1 is 0.600 bits per heavy atom. The second-order valence-electron chi connectivity index (χ2n) is 6.44. The molecule has 2 nitrogen and oxygen atoms in total. The first-order valence-electron chi connectivity index (χ1n) is 8.47. The third-order valence-electron chi connectivity index (χ3n) is 5.09. The molecule has 0 unspecified atom stereocenters. The summed E-state index contributed by atoms with van der Waals surface area (Å²) in [5.41, 5.74) is 6.86. The van der Waals surface area contributed by atoms with Crippen molar-refractivity contribution >= 4 is 16.5 Å². The summed E-state index contributed by atoms with van der Waals surface area (Å²) in [4.78, 5) is 0. The molecule has 2 heteroatoms. The highest BCUT2D eigenvalue weighted by Gasteiger charge is 2.37. The summed E-state index contributed by atoms with van der Waals surface area (Å²) in [6.45, 7) is 0. The molecule has 25 heavy (non-hydrogen) atoms. The Balaban J connectivity index is 1.79. The highest BCUT2D eigenvalue weighted by Crippen LogP contribution is 2.43. The minimum atomic E-state index is 0.881. The number of benzene rings is 3. The smallest absolute Gasteiger partial charge is 0.380 e. The lowest BCUT2D eigenvalue weighted by molar-refractivity contribution is -0.485. The van der Waals surface area contributed by atoms with E-state index >= 15 is 0 Å². The van der Waals surface area contributed by atoms with Gasteiger partial charge in [-0.3, -0.25) is 0 Å². The maximum Gasteiger partial charge on any atom is 0.380 e. The van der Waals surface area contributed by atoms with Gasteiger partial charge in [0.05, 0.1) is 17.2 Å². The topological polar surface area (TPSA) is 17.2 Å². The van der Waals surface area contributed by atoms with Gasteiger partial charge in [-0.25, -0.2) is 0 Å². The zero-order valence-corrected chi connectivity index (χ0v) is 13.4. The van der Waals surface area contributed by atoms with Crippen LogP contribution in [-0.2, 0) is 0 Å². The lowest BCUT2D eigenvalue weighted by Gasteiger charge is -2.03. The first-order valence-corrected chi connectivity index (χ1v) is 8.47. The average Bonchev–Trinajstić information content (AvgIpc) is 3.22. The summed E-state index contributed by atoms with van der Waals surface area (Å²) in [5.74, 6) is 0.939. The molecule has 0 saturated carbocycles. The van der Waals surface area contributed by atoms with Crippen molar-refractivity contribution in [2.24, 2.45) is 0 Å². The van der Waals surface area contributed by atoms with Crippen LogP contribution in [0.15, 0.2) is 89.3 Å². The van der Waals surface area contributed by atoms with E-state index in [0.29, 0.717) is 0 Å². The Labute approximate surface area is 144 Å². The van der Waals surface area contributed by atoms with E-state index in [1.54, 1.807) is 0 Å². The van der Waals surface area contributed by atoms with E-state index < -0.39 is 0 Å². The molecule has 1 aliphatic rings. The molecule has 0 amide bonds. The van der Waals surface area contributed by atoms with Gasteiger partial charge < -0.3 is 4.42 Å². The minimum Gasteiger partial charge on any atom is -0.397 e. The summed E-state index contributed by atoms with van der Waals surface area (Å²) in [7, 11) is 0. The second-order valence-corrected chi connectivity index (χ2v) is 6.44. The van der Waals surface area contributed by atoms with Crippen molar-refractivity contribution in [1.29, 1.82) is 0 Å². The molecule has 3 aromatic carbocycles. The van der Waals surface area contributed by atoms with Gasteiger partial charge in [0.25, 0.3) is 5.69 Å². The van der Waals surface area contributed by atoms with Gasteiger partial charge in [-0.05, 0) is 29.0 Å². The molecule has 2 aromatic heterocycles. The van der Waals surface area contributed by atoms with Gasteiger partial charge in [-0.15, -0.1) is 4.40 Å². The molecule has 6 rings (SSSR count). The van der Waals surface area contributed by atoms with Gasteiger partial charge in [0.1, 0.15) is 0 Å². The predicted molar refractivity (Wildman–Crippen MR) is 99.2 cm³/mol. The number of hydrogen-bond acceptors (Lipinski definition) is 1. The maximum atomic E-state index is 6.34. The third-order valence-corrected chi connectivity index (χ3v) is 5.09. The molecule has 0 spiro atoms. The Morgan fingerprint density at radius 2 is 1.32 bits per heavy atom. The Hall–Kier alpha value is -3.39. The fourth-order valence-electron chi connectivity index (χ4n) is 4.03. The van der Waals surface area contributed by atoms with Crippen LogP contribution in [0.5, 0.6) is 0 Å². The van der Waals surface area contributed by atoms with E-state index in [1.165, 1.54) is 27.6 Å². The molecule has 0 aliphatic carbocycles. The predicted octanol–water partition coefficient (Wildman–Crippen LogP) is 5.49. The normalized spacial score (nSPS) is 12.0. The zero-order chi connectivity index (χ0) is 16.4. The third kappa shape index (κ3) is 1.61. The van der Waals surface area contributed by atoms with Gasteiger partial charge in [0.2, 0.25) is 11.5 Å². The molecular weight excluding hydrogens is 306 g/mol. The van der Waals surface area contributed by atoms with Crippen LogP contribution in [0.3, 0.4) is 0 Å². The summed E-state index contributed by atoms with van der Waals surface area (Å²) in [5, 5.41) is 2.44. The monoisotopic (exact) mass is 320 g/mol. The van der Waals surface area contributed by atoms with Crippen LogP contribution in [0.4, 0.5) is 0 Å². The van der Waals surface area contributed by atoms with Crippen molar-refractivity contribution in [3.8, 4) is 33.8 Å². The van der Waals surface area contributed by atoms with Crippen molar-refractivity contribution in [2.45, 2.75) is 0 Å². The van der Waals surface area contributed by atoms with Crippen LogP contribution in [0.2, 0.25) is 0 Å². The van der Waals surface area contributed by atoms with E-state index in [-0.39, 0.29) is 0 Å². The molecule has 0 atom stereocenters. The van der Waals surface area contributed by atoms with Crippen LogP contribution in [-0.4, -0.2) is 0 Å². The Bertz CT molecular complexity index is 1290. The molecule has 1 aliphatic heterocycles. The van der Waals surface area contributed by atoms with E-state index in [0.717, 1.165) is 22.7 Å². The highest BCUT2D eigenvalue weighted by atomic mass is 16.3. The van der Waals surface area contributed by atoms with Crippen LogP contribution in [0.25, 0.3) is 50.3 Å². The van der Waals surface area contributed by atoms with Crippen molar-refractivity contribution < 1.29 is 8.82 Å². The summed E-state index contributed by atoms with van der Waals surface area (Å²) in [6.07, 6.45) is 0. The molecule has 0 bridgehead atoms. The SMILES string of the molecule is c1ccc2c(c1)-c1cccc3oc(-c4cccc5ccccc45)c-2[n+]13. The lowest BCUT2D eigenvalue weighted by Crippen LogP contribution is -2.20. The number of rotatable bonds is 1. The van der Waals surface area contributed by atoms with Crippen LogP contribution in [0, 0.1) is 0 Å². The first-order chi connectivity index (χ1) is 12.4. The van der Waals surface area contributed by atoms with Gasteiger partial charge in [0, 0.05) is 11.6 Å². The van der Waals surface area contributed by atoms with Crippen molar-refractivity contribution in [1.82, 2.24) is 0 Å². The number of pyridine rings is 1. The van der Waals surface area contributed by atoms with E-state index in [2.05, 4.69) is 83.3 Å². The van der Waals surface area contributed by atoms with Gasteiger partial charge >= 0.3 is 5.71 Å². The highest BCUT2D eigenvalue weighted by molar-refractivity contribution is 5.99. The van der Waals surface area contributed by atoms with Gasteiger partial charge in [-0.1, -0.05) is 54.6 Å². The van der Waals surface area contributed by atoms with E-state index in [1.807, 2.05) is 6.07 Å². The fraction of sp³-hybridized carbons (Fsp3) is 0. The fourth-order valence-corrected chi connectivity index (χ4v) is 4.03. The van der Waals surface area contributed by atoms with Crippen molar-refractivity contribution in [2.75, 3.05) is 0 Å². The van der Waals surface area contributed by atoms with Crippen molar-refractivity contribution in [3.63, 3.8) is 0 Å². The summed E-state index contributed by atoms with van der Waals surface area (Å²) in [6, 6.07) is 29.7.